The monoisotopic (exact) mass is 370 g/mol. The van der Waals surface area contributed by atoms with Gasteiger partial charge in [-0.2, -0.15) is 0 Å². The Morgan fingerprint density at radius 3 is 2.42 bits per heavy atom. The molecule has 0 bridgehead atoms. The van der Waals surface area contributed by atoms with E-state index >= 15 is 0 Å². The topological polar surface area (TPSA) is 57.7 Å². The number of carbonyl (C=O) groups excluding carboxylic acids is 3. The number of halogens is 1. The van der Waals surface area contributed by atoms with Gasteiger partial charge < -0.3 is 4.90 Å². The van der Waals surface area contributed by atoms with E-state index in [1.165, 1.54) is 11.8 Å². The van der Waals surface area contributed by atoms with Crippen LogP contribution in [0.5, 0.6) is 0 Å². The van der Waals surface area contributed by atoms with Crippen molar-refractivity contribution in [3.8, 4) is 0 Å². The third-order valence-corrected chi connectivity index (χ3v) is 4.86. The minimum atomic E-state index is -0.822. The van der Waals surface area contributed by atoms with Crippen LogP contribution in [0.15, 0.2) is 48.5 Å². The first-order valence-electron chi connectivity index (χ1n) is 8.32. The zero-order chi connectivity index (χ0) is 18.8. The molecule has 3 amide bonds. The lowest BCUT2D eigenvalue weighted by Crippen LogP contribution is -2.44. The van der Waals surface area contributed by atoms with Gasteiger partial charge in [0.25, 0.3) is 5.91 Å². The van der Waals surface area contributed by atoms with Crippen LogP contribution in [0.2, 0.25) is 5.02 Å². The second kappa shape index (κ2) is 7.30. The first-order valence-corrected chi connectivity index (χ1v) is 8.70. The van der Waals surface area contributed by atoms with Crippen LogP contribution in [0.1, 0.15) is 24.5 Å². The second-order valence-corrected chi connectivity index (χ2v) is 6.77. The molecule has 5 nitrogen and oxygen atoms in total. The fourth-order valence-electron chi connectivity index (χ4n) is 3.08. The molecule has 0 saturated carbocycles. The lowest BCUT2D eigenvalue weighted by Gasteiger charge is -2.27. The molecule has 6 heteroatoms. The van der Waals surface area contributed by atoms with Gasteiger partial charge in [-0.25, -0.2) is 4.90 Å². The van der Waals surface area contributed by atoms with Gasteiger partial charge in [0.15, 0.2) is 0 Å². The molecule has 3 rings (SSSR count). The van der Waals surface area contributed by atoms with Gasteiger partial charge in [-0.3, -0.25) is 14.4 Å². The Kier molecular flexibility index (Phi) is 5.09. The molecule has 0 aliphatic carbocycles. The highest BCUT2D eigenvalue weighted by Crippen LogP contribution is 2.28. The summed E-state index contributed by atoms with van der Waals surface area (Å²) in [6.07, 6.45) is -0.0310. The molecule has 1 heterocycles. The average Bonchev–Trinajstić information content (AvgIpc) is 2.89. The normalized spacial score (nSPS) is 16.9. The van der Waals surface area contributed by atoms with E-state index in [1.807, 2.05) is 25.1 Å². The quantitative estimate of drug-likeness (QED) is 0.776. The summed E-state index contributed by atoms with van der Waals surface area (Å²) in [7, 11) is 0. The Hall–Kier alpha value is -2.66. The standard InChI is InChI=1S/C20H19ClN2O3/c1-13-7-9-16(10-8-13)23-19(25)11-18(20(23)26)22(14(2)24)12-15-5-3-4-6-17(15)21/h3-10,18H,11-12H2,1-2H3. The Morgan fingerprint density at radius 2 is 1.81 bits per heavy atom. The number of imide groups is 1. The molecule has 0 aromatic heterocycles. The Morgan fingerprint density at radius 1 is 1.15 bits per heavy atom. The van der Waals surface area contributed by atoms with Gasteiger partial charge in [-0.05, 0) is 30.7 Å². The van der Waals surface area contributed by atoms with Gasteiger partial charge in [-0.15, -0.1) is 0 Å². The van der Waals surface area contributed by atoms with Crippen LogP contribution in [-0.2, 0) is 20.9 Å². The summed E-state index contributed by atoms with van der Waals surface area (Å²) < 4.78 is 0. The van der Waals surface area contributed by atoms with Crippen LogP contribution in [0, 0.1) is 6.92 Å². The largest absolute Gasteiger partial charge is 0.326 e. The van der Waals surface area contributed by atoms with Crippen molar-refractivity contribution in [3.63, 3.8) is 0 Å². The molecule has 1 atom stereocenters. The molecule has 26 heavy (non-hydrogen) atoms. The molecule has 1 aliphatic heterocycles. The highest BCUT2D eigenvalue weighted by molar-refractivity contribution is 6.31. The maximum atomic E-state index is 12.9. The molecule has 2 aromatic rings. The molecule has 134 valence electrons. The lowest BCUT2D eigenvalue weighted by molar-refractivity contribution is -0.137. The molecular weight excluding hydrogens is 352 g/mol. The second-order valence-electron chi connectivity index (χ2n) is 6.36. The summed E-state index contributed by atoms with van der Waals surface area (Å²) in [5.74, 6) is -0.975. The fourth-order valence-corrected chi connectivity index (χ4v) is 3.27. The Balaban J connectivity index is 1.88. The SMILES string of the molecule is CC(=O)N(Cc1ccccc1Cl)C1CC(=O)N(c2ccc(C)cc2)C1=O. The molecule has 0 N–H and O–H groups in total. The van der Waals surface area contributed by atoms with Gasteiger partial charge in [0, 0.05) is 18.5 Å². The van der Waals surface area contributed by atoms with E-state index in [-0.39, 0.29) is 30.7 Å². The minimum absolute atomic E-state index is 0.0310. The number of nitrogens with zero attached hydrogens (tertiary/aromatic N) is 2. The van der Waals surface area contributed by atoms with E-state index < -0.39 is 6.04 Å². The third-order valence-electron chi connectivity index (χ3n) is 4.49. The van der Waals surface area contributed by atoms with Crippen LogP contribution >= 0.6 is 11.6 Å². The van der Waals surface area contributed by atoms with Crippen molar-refractivity contribution in [3.05, 3.63) is 64.7 Å². The van der Waals surface area contributed by atoms with Crippen molar-refractivity contribution in [1.82, 2.24) is 4.90 Å². The maximum absolute atomic E-state index is 12.9. The van der Waals surface area contributed by atoms with Gasteiger partial charge in [-0.1, -0.05) is 47.5 Å². The van der Waals surface area contributed by atoms with Crippen molar-refractivity contribution in [2.75, 3.05) is 4.90 Å². The zero-order valence-corrected chi connectivity index (χ0v) is 15.4. The Bertz CT molecular complexity index is 864. The van der Waals surface area contributed by atoms with Crippen molar-refractivity contribution in [2.24, 2.45) is 0 Å². The first kappa shape index (κ1) is 18.1. The van der Waals surface area contributed by atoms with E-state index in [0.717, 1.165) is 16.0 Å². The van der Waals surface area contributed by atoms with E-state index in [4.69, 9.17) is 11.6 Å². The molecule has 0 radical (unpaired) electrons. The predicted octanol–water partition coefficient (Wildman–Crippen LogP) is 3.33. The van der Waals surface area contributed by atoms with E-state index in [9.17, 15) is 14.4 Å². The van der Waals surface area contributed by atoms with E-state index in [1.54, 1.807) is 30.3 Å². The van der Waals surface area contributed by atoms with Crippen LogP contribution in [0.3, 0.4) is 0 Å². The highest BCUT2D eigenvalue weighted by Gasteiger charge is 2.43. The maximum Gasteiger partial charge on any atom is 0.257 e. The van der Waals surface area contributed by atoms with E-state index in [2.05, 4.69) is 0 Å². The van der Waals surface area contributed by atoms with Crippen molar-refractivity contribution < 1.29 is 14.4 Å². The van der Waals surface area contributed by atoms with Crippen molar-refractivity contribution in [1.29, 1.82) is 0 Å². The van der Waals surface area contributed by atoms with Gasteiger partial charge >= 0.3 is 0 Å². The number of hydrogen-bond donors (Lipinski definition) is 0. The zero-order valence-electron chi connectivity index (χ0n) is 14.6. The number of rotatable bonds is 4. The Labute approximate surface area is 157 Å². The van der Waals surface area contributed by atoms with E-state index in [0.29, 0.717) is 10.7 Å². The molecule has 1 saturated heterocycles. The van der Waals surface area contributed by atoms with Gasteiger partial charge in [0.2, 0.25) is 11.8 Å². The third kappa shape index (κ3) is 3.48. The van der Waals surface area contributed by atoms with Crippen molar-refractivity contribution in [2.45, 2.75) is 32.9 Å². The van der Waals surface area contributed by atoms with Gasteiger partial charge in [0.05, 0.1) is 12.1 Å². The molecule has 1 unspecified atom stereocenters. The average molecular weight is 371 g/mol. The van der Waals surface area contributed by atoms with Crippen LogP contribution in [0.4, 0.5) is 5.69 Å². The number of benzene rings is 2. The number of hydrogen-bond acceptors (Lipinski definition) is 3. The minimum Gasteiger partial charge on any atom is -0.326 e. The summed E-state index contributed by atoms with van der Waals surface area (Å²) in [5.41, 5.74) is 2.29. The number of aryl methyl sites for hydroxylation is 1. The van der Waals surface area contributed by atoms with Crippen LogP contribution in [-0.4, -0.2) is 28.7 Å². The summed E-state index contributed by atoms with van der Waals surface area (Å²) in [6.45, 7) is 3.50. The summed E-state index contributed by atoms with van der Waals surface area (Å²) >= 11 is 6.18. The summed E-state index contributed by atoms with van der Waals surface area (Å²) in [5, 5.41) is 0.519. The van der Waals surface area contributed by atoms with Crippen molar-refractivity contribution >= 4 is 35.0 Å². The van der Waals surface area contributed by atoms with Crippen LogP contribution < -0.4 is 4.90 Å². The molecular formula is C20H19ClN2O3. The smallest absolute Gasteiger partial charge is 0.257 e. The first-order chi connectivity index (χ1) is 12.4. The highest BCUT2D eigenvalue weighted by atomic mass is 35.5. The fraction of sp³-hybridized carbons (Fsp3) is 0.250. The summed E-state index contributed by atoms with van der Waals surface area (Å²) in [4.78, 5) is 40.1. The number of carbonyl (C=O) groups is 3. The molecule has 1 fully saturated rings. The predicted molar refractivity (Wildman–Crippen MR) is 99.8 cm³/mol. The lowest BCUT2D eigenvalue weighted by atomic mass is 10.1. The molecule has 0 spiro atoms. The number of anilines is 1. The van der Waals surface area contributed by atoms with Crippen LogP contribution in [0.25, 0.3) is 0 Å². The van der Waals surface area contributed by atoms with Gasteiger partial charge in [0.1, 0.15) is 6.04 Å². The molecule has 2 aromatic carbocycles. The summed E-state index contributed by atoms with van der Waals surface area (Å²) in [6, 6.07) is 13.5. The number of amides is 3. The molecule has 1 aliphatic rings.